The lowest BCUT2D eigenvalue weighted by Crippen LogP contribution is -2.39. The molecule has 7 nitrogen and oxygen atoms in total. The Balaban J connectivity index is 1.56. The molecule has 0 bridgehead atoms. The minimum absolute atomic E-state index is 0.264. The van der Waals surface area contributed by atoms with E-state index in [9.17, 15) is 4.79 Å². The first kappa shape index (κ1) is 17.4. The minimum atomic E-state index is -0.264. The average molecular weight is 359 g/mol. The van der Waals surface area contributed by atoms with Gasteiger partial charge in [0.05, 0.1) is 11.9 Å². The van der Waals surface area contributed by atoms with Gasteiger partial charge < -0.3 is 16.0 Å². The molecule has 0 saturated carbocycles. The van der Waals surface area contributed by atoms with Crippen molar-refractivity contribution in [1.82, 2.24) is 10.0 Å². The lowest BCUT2D eigenvalue weighted by molar-refractivity contribution is -0.191. The molecule has 0 aliphatic carbocycles. The highest BCUT2D eigenvalue weighted by Crippen LogP contribution is 2.26. The molecule has 3 rings (SSSR count). The van der Waals surface area contributed by atoms with Crippen LogP contribution in [0.15, 0.2) is 34.7 Å². The zero-order valence-corrected chi connectivity index (χ0v) is 14.8. The molecule has 0 unspecified atom stereocenters. The SMILES string of the molecule is CC(=O)ON1CCC(Nc2nc(-c3ccc(C=NN)cc3)cs2)CC1. The van der Waals surface area contributed by atoms with Gasteiger partial charge in [-0.25, -0.2) is 4.98 Å². The number of hydrogen-bond donors (Lipinski definition) is 2. The van der Waals surface area contributed by atoms with Crippen molar-refractivity contribution >= 4 is 28.7 Å². The summed E-state index contributed by atoms with van der Waals surface area (Å²) >= 11 is 1.60. The highest BCUT2D eigenvalue weighted by molar-refractivity contribution is 7.14. The van der Waals surface area contributed by atoms with E-state index in [-0.39, 0.29) is 5.97 Å². The Labute approximate surface area is 150 Å². The molecular formula is C17H21N5O2S. The van der Waals surface area contributed by atoms with Crippen molar-refractivity contribution in [2.75, 3.05) is 18.4 Å². The van der Waals surface area contributed by atoms with Gasteiger partial charge in [0.25, 0.3) is 0 Å². The summed E-state index contributed by atoms with van der Waals surface area (Å²) < 4.78 is 0. The van der Waals surface area contributed by atoms with Crippen molar-refractivity contribution in [3.8, 4) is 11.3 Å². The van der Waals surface area contributed by atoms with E-state index in [4.69, 9.17) is 10.7 Å². The second-order valence-corrected chi connectivity index (χ2v) is 6.73. The van der Waals surface area contributed by atoms with E-state index in [1.807, 2.05) is 29.6 Å². The number of carbonyl (C=O) groups excluding carboxylic acids is 1. The van der Waals surface area contributed by atoms with Gasteiger partial charge >= 0.3 is 5.97 Å². The molecule has 1 aliphatic heterocycles. The summed E-state index contributed by atoms with van der Waals surface area (Å²) in [7, 11) is 0. The van der Waals surface area contributed by atoms with Crippen LogP contribution in [0.5, 0.6) is 0 Å². The summed E-state index contributed by atoms with van der Waals surface area (Å²) in [6, 6.07) is 8.28. The summed E-state index contributed by atoms with van der Waals surface area (Å²) in [5.74, 6) is 4.89. The molecule has 0 atom stereocenters. The molecule has 0 radical (unpaired) electrons. The largest absolute Gasteiger partial charge is 0.368 e. The Hall–Kier alpha value is -2.45. The Morgan fingerprint density at radius 1 is 1.40 bits per heavy atom. The molecule has 2 aromatic rings. The van der Waals surface area contributed by atoms with E-state index in [1.54, 1.807) is 22.6 Å². The standard InChI is InChI=1S/C17H21N5O2S/c1-12(23)24-22-8-6-15(7-9-22)20-17-21-16(11-25-17)14-4-2-13(3-5-14)10-19-18/h2-5,10-11,15H,6-9,18H2,1H3,(H,20,21). The van der Waals surface area contributed by atoms with Gasteiger partial charge in [-0.2, -0.15) is 5.10 Å². The number of nitrogens with one attached hydrogen (secondary N) is 1. The topological polar surface area (TPSA) is 92.8 Å². The fourth-order valence-corrected chi connectivity index (χ4v) is 3.54. The second-order valence-electron chi connectivity index (χ2n) is 5.87. The van der Waals surface area contributed by atoms with E-state index < -0.39 is 0 Å². The van der Waals surface area contributed by atoms with Crippen LogP contribution in [0, 0.1) is 0 Å². The van der Waals surface area contributed by atoms with Crippen molar-refractivity contribution < 1.29 is 9.63 Å². The predicted octanol–water partition coefficient (Wildman–Crippen LogP) is 2.46. The van der Waals surface area contributed by atoms with Crippen molar-refractivity contribution in [3.63, 3.8) is 0 Å². The zero-order chi connectivity index (χ0) is 17.6. The van der Waals surface area contributed by atoms with Crippen LogP contribution in [0.2, 0.25) is 0 Å². The number of hydrogen-bond acceptors (Lipinski definition) is 8. The number of carbonyl (C=O) groups is 1. The van der Waals surface area contributed by atoms with E-state index in [0.29, 0.717) is 6.04 Å². The fourth-order valence-electron chi connectivity index (χ4n) is 2.75. The molecule has 1 aromatic heterocycles. The van der Waals surface area contributed by atoms with Gasteiger partial charge in [-0.3, -0.25) is 4.79 Å². The predicted molar refractivity (Wildman–Crippen MR) is 99.3 cm³/mol. The highest BCUT2D eigenvalue weighted by atomic mass is 32.1. The second kappa shape index (κ2) is 8.09. The monoisotopic (exact) mass is 359 g/mol. The zero-order valence-electron chi connectivity index (χ0n) is 14.0. The smallest absolute Gasteiger partial charge is 0.322 e. The van der Waals surface area contributed by atoms with Crippen LogP contribution >= 0.6 is 11.3 Å². The Bertz CT molecular complexity index is 736. The van der Waals surface area contributed by atoms with Gasteiger partial charge in [-0.1, -0.05) is 24.3 Å². The summed E-state index contributed by atoms with van der Waals surface area (Å²) in [6.45, 7) is 2.90. The molecule has 132 valence electrons. The maximum Gasteiger partial charge on any atom is 0.322 e. The summed E-state index contributed by atoms with van der Waals surface area (Å²) in [5, 5.41) is 11.7. The third-order valence-electron chi connectivity index (χ3n) is 3.97. The molecule has 2 heterocycles. The first-order valence-corrected chi connectivity index (χ1v) is 9.01. The number of anilines is 1. The summed E-state index contributed by atoms with van der Waals surface area (Å²) in [4.78, 5) is 20.8. The van der Waals surface area contributed by atoms with Gasteiger partial charge in [0.2, 0.25) is 0 Å². The van der Waals surface area contributed by atoms with Crippen molar-refractivity contribution in [2.45, 2.75) is 25.8 Å². The summed E-state index contributed by atoms with van der Waals surface area (Å²) in [6.07, 6.45) is 3.44. The first-order valence-electron chi connectivity index (χ1n) is 8.13. The highest BCUT2D eigenvalue weighted by Gasteiger charge is 2.21. The molecule has 8 heteroatoms. The number of rotatable bonds is 5. The normalized spacial score (nSPS) is 16.2. The Morgan fingerprint density at radius 2 is 2.12 bits per heavy atom. The average Bonchev–Trinajstić information content (AvgIpc) is 3.06. The molecule has 1 fully saturated rings. The molecule has 1 aliphatic rings. The molecule has 25 heavy (non-hydrogen) atoms. The third-order valence-corrected chi connectivity index (χ3v) is 4.75. The van der Waals surface area contributed by atoms with E-state index in [2.05, 4.69) is 15.4 Å². The van der Waals surface area contributed by atoms with Crippen LogP contribution < -0.4 is 11.2 Å². The first-order chi connectivity index (χ1) is 12.1. The lowest BCUT2D eigenvalue weighted by Gasteiger charge is -2.30. The molecule has 0 spiro atoms. The maximum absolute atomic E-state index is 11.0. The Kier molecular flexibility index (Phi) is 5.62. The van der Waals surface area contributed by atoms with Crippen molar-refractivity contribution in [3.05, 3.63) is 35.2 Å². The molecule has 3 N–H and O–H groups in total. The number of benzene rings is 1. The summed E-state index contributed by atoms with van der Waals surface area (Å²) in [5.41, 5.74) is 2.96. The lowest BCUT2D eigenvalue weighted by atomic mass is 10.1. The Morgan fingerprint density at radius 3 is 2.76 bits per heavy atom. The third kappa shape index (κ3) is 4.77. The van der Waals surface area contributed by atoms with E-state index >= 15 is 0 Å². The molecule has 1 saturated heterocycles. The van der Waals surface area contributed by atoms with E-state index in [0.717, 1.165) is 47.9 Å². The van der Waals surface area contributed by atoms with Gasteiger partial charge in [0.1, 0.15) is 0 Å². The fraction of sp³-hybridized carbons (Fsp3) is 0.353. The van der Waals surface area contributed by atoms with Gasteiger partial charge in [-0.05, 0) is 18.4 Å². The van der Waals surface area contributed by atoms with Crippen LogP contribution in [0.3, 0.4) is 0 Å². The van der Waals surface area contributed by atoms with Crippen molar-refractivity contribution in [1.29, 1.82) is 0 Å². The number of thiazole rings is 1. The van der Waals surface area contributed by atoms with Gasteiger partial charge in [0.15, 0.2) is 5.13 Å². The minimum Gasteiger partial charge on any atom is -0.368 e. The van der Waals surface area contributed by atoms with E-state index in [1.165, 1.54) is 6.92 Å². The van der Waals surface area contributed by atoms with Crippen LogP contribution in [0.4, 0.5) is 5.13 Å². The van der Waals surface area contributed by atoms with Gasteiger partial charge in [0, 0.05) is 37.0 Å². The van der Waals surface area contributed by atoms with Crippen LogP contribution in [-0.4, -0.2) is 41.4 Å². The van der Waals surface area contributed by atoms with Crippen molar-refractivity contribution in [2.24, 2.45) is 10.9 Å². The number of hydrazone groups is 1. The van der Waals surface area contributed by atoms with Crippen LogP contribution in [-0.2, 0) is 9.63 Å². The molecule has 1 aromatic carbocycles. The maximum atomic E-state index is 11.0. The van der Waals surface area contributed by atoms with Crippen LogP contribution in [0.1, 0.15) is 25.3 Å². The number of nitrogens with two attached hydrogens (primary N) is 1. The quantitative estimate of drug-likeness (QED) is 0.484. The molecule has 0 amide bonds. The number of nitrogens with zero attached hydrogens (tertiary/aromatic N) is 3. The molecular weight excluding hydrogens is 338 g/mol. The number of piperidine rings is 1. The van der Waals surface area contributed by atoms with Crippen LogP contribution in [0.25, 0.3) is 11.3 Å². The van der Waals surface area contributed by atoms with Gasteiger partial charge in [-0.15, -0.1) is 16.4 Å². The number of hydroxylamine groups is 2. The number of aromatic nitrogens is 1.